The van der Waals surface area contributed by atoms with Crippen molar-refractivity contribution < 1.29 is 19.1 Å². The van der Waals surface area contributed by atoms with Crippen molar-refractivity contribution in [3.8, 4) is 0 Å². The molecule has 8 heteroatoms. The first-order valence-corrected chi connectivity index (χ1v) is 24.0. The van der Waals surface area contributed by atoms with E-state index in [9.17, 15) is 9.59 Å². The zero-order valence-corrected chi connectivity index (χ0v) is 37.3. The number of ether oxygens (including phenoxy) is 2. The van der Waals surface area contributed by atoms with Crippen molar-refractivity contribution in [2.75, 3.05) is 39.8 Å². The van der Waals surface area contributed by atoms with Gasteiger partial charge in [0.2, 0.25) is 0 Å². The molecule has 55 heavy (non-hydrogen) atoms. The van der Waals surface area contributed by atoms with Crippen LogP contribution in [0.4, 0.5) is 0 Å². The number of hydrogen-bond acceptors (Lipinski definition) is 6. The lowest BCUT2D eigenvalue weighted by molar-refractivity contribution is -0.150. The first-order valence-electron chi connectivity index (χ1n) is 24.0. The molecule has 3 N–H and O–H groups in total. The van der Waals surface area contributed by atoms with Crippen molar-refractivity contribution in [3.63, 3.8) is 0 Å². The van der Waals surface area contributed by atoms with Gasteiger partial charge in [-0.2, -0.15) is 0 Å². The van der Waals surface area contributed by atoms with Crippen LogP contribution in [0.2, 0.25) is 0 Å². The molecule has 0 aromatic heterocycles. The maximum Gasteiger partial charge on any atom is 0.306 e. The van der Waals surface area contributed by atoms with Gasteiger partial charge in [0.25, 0.3) is 0 Å². The van der Waals surface area contributed by atoms with Gasteiger partial charge in [0.15, 0.2) is 5.96 Å². The van der Waals surface area contributed by atoms with Crippen LogP contribution in [-0.4, -0.2) is 68.7 Å². The minimum absolute atomic E-state index is 0.0224. The summed E-state index contributed by atoms with van der Waals surface area (Å²) >= 11 is 0. The van der Waals surface area contributed by atoms with Crippen LogP contribution in [0.5, 0.6) is 0 Å². The summed E-state index contributed by atoms with van der Waals surface area (Å²) in [5.74, 6) is 0.503. The molecule has 0 bridgehead atoms. The highest BCUT2D eigenvalue weighted by molar-refractivity contribution is 5.77. The third-order valence-corrected chi connectivity index (χ3v) is 11.0. The number of carbonyl (C=O) groups is 2. The number of esters is 2. The van der Waals surface area contributed by atoms with Crippen molar-refractivity contribution in [2.24, 2.45) is 10.7 Å². The molecule has 0 rings (SSSR count). The van der Waals surface area contributed by atoms with Crippen molar-refractivity contribution in [1.82, 2.24) is 10.2 Å². The number of nitrogens with zero attached hydrogens (tertiary/aromatic N) is 2. The van der Waals surface area contributed by atoms with Gasteiger partial charge in [0.1, 0.15) is 6.10 Å². The molecule has 8 nitrogen and oxygen atoms in total. The van der Waals surface area contributed by atoms with Gasteiger partial charge in [0.05, 0.1) is 6.61 Å². The summed E-state index contributed by atoms with van der Waals surface area (Å²) < 4.78 is 11.5. The number of rotatable bonds is 43. The largest absolute Gasteiger partial charge is 0.466 e. The summed E-state index contributed by atoms with van der Waals surface area (Å²) in [6.07, 6.45) is 39.6. The Morgan fingerprint density at radius 3 is 1.42 bits per heavy atom. The Labute approximate surface area is 342 Å². The van der Waals surface area contributed by atoms with Gasteiger partial charge in [-0.3, -0.25) is 14.6 Å². The average molecular weight is 779 g/mol. The monoisotopic (exact) mass is 779 g/mol. The van der Waals surface area contributed by atoms with Crippen molar-refractivity contribution in [1.29, 1.82) is 0 Å². The predicted octanol–water partition coefficient (Wildman–Crippen LogP) is 12.6. The molecule has 0 saturated carbocycles. The van der Waals surface area contributed by atoms with E-state index in [2.05, 4.69) is 36.0 Å². The zero-order chi connectivity index (χ0) is 40.3. The zero-order valence-electron chi connectivity index (χ0n) is 37.3. The molecule has 0 fully saturated rings. The van der Waals surface area contributed by atoms with E-state index >= 15 is 0 Å². The third kappa shape index (κ3) is 40.2. The molecule has 0 radical (unpaired) electrons. The van der Waals surface area contributed by atoms with Crippen LogP contribution in [0.25, 0.3) is 0 Å². The SMILES string of the molecule is CCCCCCCCCOC(=O)CCCCCCCN(CCCCCCCC(=O)OC(CCCCCCCC)CCCCCCCC)CCCNC(N)=NC. The van der Waals surface area contributed by atoms with E-state index in [4.69, 9.17) is 15.2 Å². The molecular weight excluding hydrogens is 685 g/mol. The Balaban J connectivity index is 4.29. The molecular formula is C47H94N4O4. The van der Waals surface area contributed by atoms with Gasteiger partial charge in [-0.05, 0) is 83.8 Å². The fourth-order valence-corrected chi connectivity index (χ4v) is 7.33. The Morgan fingerprint density at radius 1 is 0.527 bits per heavy atom. The fourth-order valence-electron chi connectivity index (χ4n) is 7.33. The van der Waals surface area contributed by atoms with Crippen LogP contribution < -0.4 is 11.1 Å². The van der Waals surface area contributed by atoms with Crippen LogP contribution in [0.1, 0.15) is 239 Å². The highest BCUT2D eigenvalue weighted by Gasteiger charge is 2.14. The molecule has 0 atom stereocenters. The first-order chi connectivity index (χ1) is 27.0. The number of hydrogen-bond donors (Lipinski definition) is 2. The highest BCUT2D eigenvalue weighted by atomic mass is 16.5. The molecule has 0 aromatic rings. The summed E-state index contributed by atoms with van der Waals surface area (Å²) in [5.41, 5.74) is 5.82. The molecule has 0 aliphatic carbocycles. The van der Waals surface area contributed by atoms with Gasteiger partial charge < -0.3 is 25.4 Å². The molecule has 0 saturated heterocycles. The summed E-state index contributed by atoms with van der Waals surface area (Å²) in [6.45, 7) is 11.5. The summed E-state index contributed by atoms with van der Waals surface area (Å²) in [6, 6.07) is 0. The van der Waals surface area contributed by atoms with Gasteiger partial charge in [-0.1, -0.05) is 162 Å². The van der Waals surface area contributed by atoms with E-state index < -0.39 is 0 Å². The lowest BCUT2D eigenvalue weighted by Crippen LogP contribution is -2.35. The smallest absolute Gasteiger partial charge is 0.306 e. The predicted molar refractivity (Wildman–Crippen MR) is 237 cm³/mol. The number of aliphatic imine (C=N–C) groups is 1. The number of nitrogens with two attached hydrogens (primary N) is 1. The second-order valence-corrected chi connectivity index (χ2v) is 16.3. The van der Waals surface area contributed by atoms with Gasteiger partial charge in [-0.15, -0.1) is 0 Å². The molecule has 0 unspecified atom stereocenters. The van der Waals surface area contributed by atoms with Gasteiger partial charge >= 0.3 is 11.9 Å². The second kappa shape index (κ2) is 43.3. The Morgan fingerprint density at radius 2 is 0.927 bits per heavy atom. The van der Waals surface area contributed by atoms with E-state index in [0.717, 1.165) is 77.5 Å². The summed E-state index contributed by atoms with van der Waals surface area (Å²) in [4.78, 5) is 31.5. The van der Waals surface area contributed by atoms with Crippen LogP contribution in [0.15, 0.2) is 4.99 Å². The fraction of sp³-hybridized carbons (Fsp3) is 0.936. The minimum atomic E-state index is -0.0225. The molecule has 0 spiro atoms. The molecule has 326 valence electrons. The summed E-state index contributed by atoms with van der Waals surface area (Å²) in [7, 11) is 1.71. The number of carbonyl (C=O) groups excluding carboxylic acids is 2. The lowest BCUT2D eigenvalue weighted by atomic mass is 10.0. The Bertz CT molecular complexity index is 839. The van der Waals surface area contributed by atoms with Crippen LogP contribution in [0, 0.1) is 0 Å². The normalized spacial score (nSPS) is 11.9. The third-order valence-electron chi connectivity index (χ3n) is 11.0. The van der Waals surface area contributed by atoms with E-state index in [-0.39, 0.29) is 18.0 Å². The van der Waals surface area contributed by atoms with Gasteiger partial charge in [-0.25, -0.2) is 0 Å². The number of nitrogens with one attached hydrogen (secondary N) is 1. The quantitative estimate of drug-likeness (QED) is 0.0275. The Hall–Kier alpha value is -1.83. The van der Waals surface area contributed by atoms with Crippen molar-refractivity contribution in [3.05, 3.63) is 0 Å². The minimum Gasteiger partial charge on any atom is -0.466 e. The standard InChI is InChI=1S/C47H94N4O4/c1-5-8-11-14-17-26-33-43-54-45(52)37-29-22-18-24-31-40-51(42-34-39-50-47(48)49-4)41-32-25-19-23-30-38-46(53)55-44(35-27-20-15-12-9-6-2)36-28-21-16-13-10-7-3/h44H,5-43H2,1-4H3,(H3,48,49,50). The van der Waals surface area contributed by atoms with Gasteiger partial charge in [0, 0.05) is 26.4 Å². The maximum absolute atomic E-state index is 12.8. The van der Waals surface area contributed by atoms with E-state index in [1.807, 2.05) is 0 Å². The van der Waals surface area contributed by atoms with Crippen LogP contribution in [-0.2, 0) is 19.1 Å². The molecule has 0 heterocycles. The van der Waals surface area contributed by atoms with E-state index in [1.54, 1.807) is 7.05 Å². The van der Waals surface area contributed by atoms with E-state index in [0.29, 0.717) is 25.4 Å². The maximum atomic E-state index is 12.8. The average Bonchev–Trinajstić information content (AvgIpc) is 3.18. The van der Waals surface area contributed by atoms with Crippen molar-refractivity contribution >= 4 is 17.9 Å². The molecule has 0 amide bonds. The Kier molecular flexibility index (Phi) is 41.9. The molecule has 0 aliphatic heterocycles. The lowest BCUT2D eigenvalue weighted by Gasteiger charge is -2.22. The van der Waals surface area contributed by atoms with Crippen molar-refractivity contribution in [2.45, 2.75) is 245 Å². The van der Waals surface area contributed by atoms with Crippen LogP contribution in [0.3, 0.4) is 0 Å². The van der Waals surface area contributed by atoms with Crippen LogP contribution >= 0.6 is 0 Å². The second-order valence-electron chi connectivity index (χ2n) is 16.3. The number of guanidine groups is 1. The summed E-state index contributed by atoms with van der Waals surface area (Å²) in [5, 5.41) is 3.19. The first kappa shape index (κ1) is 53.2. The molecule has 0 aromatic carbocycles. The number of unbranched alkanes of at least 4 members (excludes halogenated alkanes) is 24. The molecule has 0 aliphatic rings. The highest BCUT2D eigenvalue weighted by Crippen LogP contribution is 2.18. The topological polar surface area (TPSA) is 106 Å². The van der Waals surface area contributed by atoms with E-state index in [1.165, 1.54) is 154 Å².